The zero-order valence-electron chi connectivity index (χ0n) is 15.7. The van der Waals surface area contributed by atoms with Gasteiger partial charge in [-0.05, 0) is 31.5 Å². The van der Waals surface area contributed by atoms with E-state index in [1.807, 2.05) is 0 Å². The highest BCUT2D eigenvalue weighted by molar-refractivity contribution is 7.14. The minimum atomic E-state index is -2.96. The van der Waals surface area contributed by atoms with Crippen molar-refractivity contribution in [1.29, 1.82) is 0 Å². The molecule has 0 bridgehead atoms. The molecule has 3 aromatic rings. The molecule has 0 atom stereocenters. The van der Waals surface area contributed by atoms with E-state index in [2.05, 4.69) is 20.0 Å². The fourth-order valence-electron chi connectivity index (χ4n) is 2.88. The topological polar surface area (TPSA) is 93.3 Å². The van der Waals surface area contributed by atoms with Gasteiger partial charge in [-0.25, -0.2) is 9.78 Å². The van der Waals surface area contributed by atoms with E-state index >= 15 is 0 Å². The minimum Gasteiger partial charge on any atom is -0.465 e. The van der Waals surface area contributed by atoms with Gasteiger partial charge in [-0.3, -0.25) is 10.1 Å². The number of amides is 1. The summed E-state index contributed by atoms with van der Waals surface area (Å²) in [6, 6.07) is 6.26. The summed E-state index contributed by atoms with van der Waals surface area (Å²) in [4.78, 5) is 31.6. The fraction of sp³-hybridized carbons (Fsp3) is 0.211. The Labute approximate surface area is 168 Å². The molecule has 152 valence electrons. The Bertz CT molecular complexity index is 1060. The first-order valence-corrected chi connectivity index (χ1v) is 9.28. The molecule has 1 aromatic carbocycles. The van der Waals surface area contributed by atoms with Crippen LogP contribution in [0, 0.1) is 13.8 Å². The summed E-state index contributed by atoms with van der Waals surface area (Å²) in [6.07, 6.45) is 0. The molecule has 1 amide bonds. The van der Waals surface area contributed by atoms with Crippen molar-refractivity contribution >= 4 is 28.3 Å². The number of aromatic amines is 1. The number of nitrogens with one attached hydrogen (secondary N) is 2. The molecule has 0 aliphatic heterocycles. The number of anilines is 1. The monoisotopic (exact) mass is 421 g/mol. The number of thiazole rings is 1. The lowest BCUT2D eigenvalue weighted by Crippen LogP contribution is -2.14. The summed E-state index contributed by atoms with van der Waals surface area (Å²) < 4.78 is 34.5. The molecule has 0 spiro atoms. The Hall–Kier alpha value is -3.27. The van der Waals surface area contributed by atoms with Gasteiger partial charge in [0.25, 0.3) is 5.91 Å². The van der Waals surface area contributed by atoms with Crippen LogP contribution in [0.15, 0.2) is 29.6 Å². The van der Waals surface area contributed by atoms with E-state index in [1.54, 1.807) is 37.4 Å². The number of nitrogens with zero attached hydrogens (tertiary/aromatic N) is 1. The number of esters is 1. The number of carbonyl (C=O) groups excluding carboxylic acids is 2. The van der Waals surface area contributed by atoms with Crippen molar-refractivity contribution in [2.75, 3.05) is 12.4 Å². The molecule has 0 saturated carbocycles. The van der Waals surface area contributed by atoms with Gasteiger partial charge < -0.3 is 14.5 Å². The molecule has 0 aliphatic carbocycles. The summed E-state index contributed by atoms with van der Waals surface area (Å²) in [5, 5.41) is 4.53. The Morgan fingerprint density at radius 1 is 1.24 bits per heavy atom. The maximum absolute atomic E-state index is 12.6. The third-order valence-electron chi connectivity index (χ3n) is 4.16. The average Bonchev–Trinajstić information content (AvgIpc) is 3.25. The molecule has 0 fully saturated rings. The van der Waals surface area contributed by atoms with Crippen molar-refractivity contribution in [1.82, 2.24) is 9.97 Å². The Morgan fingerprint density at radius 3 is 2.66 bits per heavy atom. The van der Waals surface area contributed by atoms with Crippen molar-refractivity contribution in [2.45, 2.75) is 20.5 Å². The highest BCUT2D eigenvalue weighted by atomic mass is 32.1. The maximum atomic E-state index is 12.6. The molecule has 2 N–H and O–H groups in total. The lowest BCUT2D eigenvalue weighted by Gasteiger charge is -2.08. The van der Waals surface area contributed by atoms with Crippen molar-refractivity contribution in [2.24, 2.45) is 0 Å². The highest BCUT2D eigenvalue weighted by Gasteiger charge is 2.23. The second-order valence-corrected chi connectivity index (χ2v) is 6.84. The first-order valence-electron chi connectivity index (χ1n) is 8.40. The second-order valence-electron chi connectivity index (χ2n) is 5.98. The number of aryl methyl sites for hydroxylation is 1. The third kappa shape index (κ3) is 4.27. The van der Waals surface area contributed by atoms with Gasteiger partial charge in [0.05, 0.1) is 18.4 Å². The van der Waals surface area contributed by atoms with Crippen LogP contribution in [0.25, 0.3) is 11.3 Å². The molecule has 29 heavy (non-hydrogen) atoms. The molecule has 0 saturated heterocycles. The molecule has 2 aromatic heterocycles. The number of hydrogen-bond acceptors (Lipinski definition) is 6. The minimum absolute atomic E-state index is 0.00997. The number of rotatable bonds is 6. The molecular weight excluding hydrogens is 404 g/mol. The van der Waals surface area contributed by atoms with E-state index in [-0.39, 0.29) is 16.6 Å². The molecule has 0 aliphatic rings. The van der Waals surface area contributed by atoms with Crippen LogP contribution in [0.5, 0.6) is 5.75 Å². The zero-order valence-corrected chi connectivity index (χ0v) is 16.5. The summed E-state index contributed by atoms with van der Waals surface area (Å²) in [6.45, 7) is 0.338. The van der Waals surface area contributed by atoms with Crippen LogP contribution in [0.4, 0.5) is 13.9 Å². The van der Waals surface area contributed by atoms with Crippen molar-refractivity contribution in [3.63, 3.8) is 0 Å². The number of alkyl halides is 2. The summed E-state index contributed by atoms with van der Waals surface area (Å²) in [7, 11) is 1.26. The SMILES string of the molecule is COC(=O)c1c(C)[nH]c(C(=O)Nc2nc(-c3ccccc3OC(F)F)cs2)c1C. The molecule has 3 rings (SSSR count). The summed E-state index contributed by atoms with van der Waals surface area (Å²) in [5.41, 5.74) is 2.24. The first-order chi connectivity index (χ1) is 13.8. The van der Waals surface area contributed by atoms with Crippen LogP contribution in [0.1, 0.15) is 32.1 Å². The van der Waals surface area contributed by atoms with E-state index in [1.165, 1.54) is 13.2 Å². The quantitative estimate of drug-likeness (QED) is 0.576. The standard InChI is InChI=1S/C19H17F2N3O4S/c1-9-14(17(26)27-3)10(2)22-15(9)16(25)24-19-23-12(8-29-19)11-6-4-5-7-13(11)28-18(20)21/h4-8,18,22H,1-3H3,(H,23,24,25). The van der Waals surface area contributed by atoms with Gasteiger partial charge in [-0.15, -0.1) is 11.3 Å². The smallest absolute Gasteiger partial charge is 0.387 e. The van der Waals surface area contributed by atoms with E-state index < -0.39 is 18.5 Å². The zero-order chi connectivity index (χ0) is 21.1. The number of ether oxygens (including phenoxy) is 2. The molecule has 7 nitrogen and oxygen atoms in total. The van der Waals surface area contributed by atoms with Gasteiger partial charge in [-0.2, -0.15) is 8.78 Å². The lowest BCUT2D eigenvalue weighted by atomic mass is 10.1. The number of H-pyrrole nitrogens is 1. The number of hydrogen-bond donors (Lipinski definition) is 2. The Morgan fingerprint density at radius 2 is 1.97 bits per heavy atom. The third-order valence-corrected chi connectivity index (χ3v) is 4.92. The van der Waals surface area contributed by atoms with Gasteiger partial charge in [-0.1, -0.05) is 12.1 Å². The Balaban J connectivity index is 1.83. The number of carbonyl (C=O) groups is 2. The van der Waals surface area contributed by atoms with Crippen molar-refractivity contribution in [3.05, 3.63) is 52.2 Å². The predicted molar refractivity (Wildman–Crippen MR) is 104 cm³/mol. The van der Waals surface area contributed by atoms with E-state index in [0.717, 1.165) is 11.3 Å². The highest BCUT2D eigenvalue weighted by Crippen LogP contribution is 2.33. The van der Waals surface area contributed by atoms with Gasteiger partial charge in [0.1, 0.15) is 11.4 Å². The van der Waals surface area contributed by atoms with Crippen LogP contribution in [-0.2, 0) is 4.74 Å². The maximum Gasteiger partial charge on any atom is 0.387 e. The lowest BCUT2D eigenvalue weighted by molar-refractivity contribution is -0.0494. The number of halogens is 2. The van der Waals surface area contributed by atoms with Crippen LogP contribution in [0.3, 0.4) is 0 Å². The largest absolute Gasteiger partial charge is 0.465 e. The van der Waals surface area contributed by atoms with Crippen molar-refractivity contribution in [3.8, 4) is 17.0 Å². The van der Waals surface area contributed by atoms with Crippen molar-refractivity contribution < 1.29 is 27.8 Å². The van der Waals surface area contributed by atoms with Gasteiger partial charge >= 0.3 is 12.6 Å². The van der Waals surface area contributed by atoms with E-state index in [4.69, 9.17) is 4.74 Å². The van der Waals surface area contributed by atoms with Crippen LogP contribution < -0.4 is 10.1 Å². The van der Waals surface area contributed by atoms with Gasteiger partial charge in [0.2, 0.25) is 0 Å². The molecular formula is C19H17F2N3O4S. The number of benzene rings is 1. The van der Waals surface area contributed by atoms with Gasteiger partial charge in [0, 0.05) is 16.6 Å². The summed E-state index contributed by atoms with van der Waals surface area (Å²) >= 11 is 1.13. The van der Waals surface area contributed by atoms with Crippen LogP contribution in [-0.4, -0.2) is 35.6 Å². The number of para-hydroxylation sites is 1. The normalized spacial score (nSPS) is 10.8. The molecule has 0 unspecified atom stereocenters. The second kappa shape index (κ2) is 8.39. The fourth-order valence-corrected chi connectivity index (χ4v) is 3.58. The molecule has 0 radical (unpaired) electrons. The number of aromatic nitrogens is 2. The molecule has 2 heterocycles. The van der Waals surface area contributed by atoms with Crippen LogP contribution in [0.2, 0.25) is 0 Å². The molecule has 10 heteroatoms. The average molecular weight is 421 g/mol. The van der Waals surface area contributed by atoms with E-state index in [0.29, 0.717) is 28.1 Å². The first kappa shape index (κ1) is 20.5. The Kier molecular flexibility index (Phi) is 5.92. The summed E-state index contributed by atoms with van der Waals surface area (Å²) in [5.74, 6) is -1.04. The van der Waals surface area contributed by atoms with E-state index in [9.17, 15) is 18.4 Å². The van der Waals surface area contributed by atoms with Gasteiger partial charge in [0.15, 0.2) is 5.13 Å². The predicted octanol–water partition coefficient (Wildman–Crippen LogP) is 4.40. The number of methoxy groups -OCH3 is 1. The van der Waals surface area contributed by atoms with Crippen LogP contribution >= 0.6 is 11.3 Å².